The number of carbonyl (C=O) groups excluding carboxylic acids is 2. The van der Waals surface area contributed by atoms with Gasteiger partial charge < -0.3 is 14.4 Å². The van der Waals surface area contributed by atoms with Gasteiger partial charge in [0.2, 0.25) is 5.88 Å². The fourth-order valence-corrected chi connectivity index (χ4v) is 3.63. The smallest absolute Gasteiger partial charge is 0.392 e. The van der Waals surface area contributed by atoms with E-state index in [2.05, 4.69) is 4.98 Å². The van der Waals surface area contributed by atoms with Crippen molar-refractivity contribution < 1.29 is 36.6 Å². The second-order valence-corrected chi connectivity index (χ2v) is 7.31. The third-order valence-electron chi connectivity index (χ3n) is 5.17. The van der Waals surface area contributed by atoms with Crippen LogP contribution < -0.4 is 14.4 Å². The monoisotopic (exact) mass is 438 g/mol. The maximum Gasteiger partial charge on any atom is 0.392 e. The molecule has 0 N–H and O–H groups in total. The van der Waals surface area contributed by atoms with E-state index in [1.807, 2.05) is 0 Å². The first-order valence-corrected chi connectivity index (χ1v) is 9.70. The Bertz CT molecular complexity index is 1010. The number of hydrogen-bond acceptors (Lipinski definition) is 5. The Morgan fingerprint density at radius 1 is 1.16 bits per heavy atom. The van der Waals surface area contributed by atoms with Crippen LogP contribution in [-0.4, -0.2) is 42.1 Å². The van der Waals surface area contributed by atoms with E-state index < -0.39 is 31.1 Å². The summed E-state index contributed by atoms with van der Waals surface area (Å²) in [6, 6.07) is 5.60. The molecule has 0 saturated carbocycles. The number of Topliss-reactive ketones (excluding diaryl/α,β-unsaturated/α-hetero) is 1. The zero-order valence-electron chi connectivity index (χ0n) is 16.2. The maximum atomic E-state index is 14.3. The molecular weight excluding hydrogens is 420 g/mol. The number of carbonyl (C=O) groups is 2. The molecule has 1 aliphatic carbocycles. The van der Waals surface area contributed by atoms with Crippen molar-refractivity contribution in [1.82, 2.24) is 4.98 Å². The van der Waals surface area contributed by atoms with Crippen LogP contribution in [0.3, 0.4) is 0 Å². The standard InChI is InChI=1S/C21H18F4N2O4/c22-16-10-12(9-15-14(16)2-3-17(15)28)27-7-5-18(20(27)29)31-13-1-4-19(26-11-13)30-8-6-21(23,24)25/h1,4,9-11,18H,2-3,5-8H2/t18-/m1/s1. The van der Waals surface area contributed by atoms with Gasteiger partial charge in [-0.2, -0.15) is 13.2 Å². The lowest BCUT2D eigenvalue weighted by atomic mass is 10.1. The van der Waals surface area contributed by atoms with Gasteiger partial charge in [-0.05, 0) is 30.2 Å². The highest BCUT2D eigenvalue weighted by molar-refractivity contribution is 6.04. The van der Waals surface area contributed by atoms with E-state index >= 15 is 0 Å². The van der Waals surface area contributed by atoms with Crippen LogP contribution >= 0.6 is 0 Å². The molecular formula is C21H18F4N2O4. The van der Waals surface area contributed by atoms with Gasteiger partial charge >= 0.3 is 6.18 Å². The number of amides is 1. The molecule has 1 atom stereocenters. The fraction of sp³-hybridized carbons (Fsp3) is 0.381. The van der Waals surface area contributed by atoms with Crippen LogP contribution in [0.1, 0.15) is 35.2 Å². The number of aromatic nitrogens is 1. The van der Waals surface area contributed by atoms with Crippen LogP contribution in [0.2, 0.25) is 0 Å². The molecule has 164 valence electrons. The van der Waals surface area contributed by atoms with Gasteiger partial charge in [-0.1, -0.05) is 0 Å². The van der Waals surface area contributed by atoms with Crippen molar-refractivity contribution in [3.8, 4) is 11.6 Å². The van der Waals surface area contributed by atoms with Crippen molar-refractivity contribution >= 4 is 17.4 Å². The summed E-state index contributed by atoms with van der Waals surface area (Å²) in [4.78, 5) is 29.9. The van der Waals surface area contributed by atoms with Crippen molar-refractivity contribution in [3.63, 3.8) is 0 Å². The molecule has 10 heteroatoms. The van der Waals surface area contributed by atoms with Crippen molar-refractivity contribution in [1.29, 1.82) is 0 Å². The van der Waals surface area contributed by atoms with E-state index in [1.165, 1.54) is 29.3 Å². The second kappa shape index (κ2) is 8.16. The molecule has 0 unspecified atom stereocenters. The number of rotatable bonds is 6. The first-order chi connectivity index (χ1) is 14.7. The molecule has 2 aliphatic rings. The Kier molecular flexibility index (Phi) is 5.55. The molecule has 1 aromatic carbocycles. The van der Waals surface area contributed by atoms with E-state index in [9.17, 15) is 27.2 Å². The predicted molar refractivity (Wildman–Crippen MR) is 101 cm³/mol. The van der Waals surface area contributed by atoms with Crippen LogP contribution in [-0.2, 0) is 11.2 Å². The molecule has 4 rings (SSSR count). The van der Waals surface area contributed by atoms with Gasteiger partial charge in [0, 0.05) is 36.7 Å². The number of anilines is 1. The largest absolute Gasteiger partial charge is 0.479 e. The van der Waals surface area contributed by atoms with Crippen LogP contribution in [0.4, 0.5) is 23.2 Å². The maximum absolute atomic E-state index is 14.3. The average molecular weight is 438 g/mol. The van der Waals surface area contributed by atoms with E-state index in [1.54, 1.807) is 6.07 Å². The first kappa shape index (κ1) is 21.1. The number of alkyl halides is 3. The fourth-order valence-electron chi connectivity index (χ4n) is 3.63. The van der Waals surface area contributed by atoms with Crippen LogP contribution in [0.15, 0.2) is 30.5 Å². The van der Waals surface area contributed by atoms with E-state index in [-0.39, 0.29) is 29.7 Å². The summed E-state index contributed by atoms with van der Waals surface area (Å²) in [6.45, 7) is -0.255. The summed E-state index contributed by atoms with van der Waals surface area (Å²) < 4.78 is 61.4. The highest BCUT2D eigenvalue weighted by Crippen LogP contribution is 2.32. The van der Waals surface area contributed by atoms with Gasteiger partial charge in [-0.25, -0.2) is 9.37 Å². The Balaban J connectivity index is 1.38. The summed E-state index contributed by atoms with van der Waals surface area (Å²) in [7, 11) is 0. The molecule has 6 nitrogen and oxygen atoms in total. The molecule has 1 amide bonds. The number of ketones is 1. The molecule has 1 fully saturated rings. The Morgan fingerprint density at radius 2 is 1.97 bits per heavy atom. The molecule has 1 aliphatic heterocycles. The quantitative estimate of drug-likeness (QED) is 0.641. The highest BCUT2D eigenvalue weighted by atomic mass is 19.4. The van der Waals surface area contributed by atoms with E-state index in [4.69, 9.17) is 9.47 Å². The number of halogens is 4. The van der Waals surface area contributed by atoms with Crippen LogP contribution in [0.25, 0.3) is 0 Å². The van der Waals surface area contributed by atoms with Crippen molar-refractivity contribution in [3.05, 3.63) is 47.4 Å². The number of pyridine rings is 1. The summed E-state index contributed by atoms with van der Waals surface area (Å²) in [6.07, 6.45) is -4.00. The van der Waals surface area contributed by atoms with Gasteiger partial charge in [-0.15, -0.1) is 0 Å². The summed E-state index contributed by atoms with van der Waals surface area (Å²) in [5, 5.41) is 0. The zero-order chi connectivity index (χ0) is 22.2. The highest BCUT2D eigenvalue weighted by Gasteiger charge is 2.36. The SMILES string of the molecule is O=C1CCc2c(F)cc(N3CC[C@@H](Oc4ccc(OCCC(F)(F)F)nc4)C3=O)cc21. The topological polar surface area (TPSA) is 68.7 Å². The zero-order valence-corrected chi connectivity index (χ0v) is 16.2. The molecule has 0 bridgehead atoms. The summed E-state index contributed by atoms with van der Waals surface area (Å²) >= 11 is 0. The van der Waals surface area contributed by atoms with Crippen molar-refractivity contribution in [2.24, 2.45) is 0 Å². The lowest BCUT2D eigenvalue weighted by Gasteiger charge is -2.18. The number of fused-ring (bicyclic) bond motifs is 1. The Hall–Kier alpha value is -3.17. The number of benzene rings is 1. The third-order valence-corrected chi connectivity index (χ3v) is 5.17. The molecule has 2 aromatic rings. The minimum atomic E-state index is -4.31. The van der Waals surface area contributed by atoms with Gasteiger partial charge in [0.05, 0.1) is 19.2 Å². The number of ether oxygens (including phenoxy) is 2. The van der Waals surface area contributed by atoms with Crippen molar-refractivity contribution in [2.75, 3.05) is 18.1 Å². The molecule has 0 radical (unpaired) electrons. The van der Waals surface area contributed by atoms with Gasteiger partial charge in [0.1, 0.15) is 11.6 Å². The third kappa shape index (κ3) is 4.62. The van der Waals surface area contributed by atoms with Gasteiger partial charge in [-0.3, -0.25) is 9.59 Å². The van der Waals surface area contributed by atoms with Gasteiger partial charge in [0.25, 0.3) is 5.91 Å². The number of hydrogen-bond donors (Lipinski definition) is 0. The normalized spacial score (nSPS) is 18.5. The first-order valence-electron chi connectivity index (χ1n) is 9.70. The lowest BCUT2D eigenvalue weighted by molar-refractivity contribution is -0.139. The van der Waals surface area contributed by atoms with Crippen molar-refractivity contribution in [2.45, 2.75) is 38.0 Å². The van der Waals surface area contributed by atoms with E-state index in [0.717, 1.165) is 0 Å². The summed E-state index contributed by atoms with van der Waals surface area (Å²) in [5.74, 6) is -0.761. The lowest BCUT2D eigenvalue weighted by Crippen LogP contribution is -2.32. The minimum absolute atomic E-state index is 0.00857. The predicted octanol–water partition coefficient (Wildman–Crippen LogP) is 3.87. The second-order valence-electron chi connectivity index (χ2n) is 7.31. The van der Waals surface area contributed by atoms with Crippen LogP contribution in [0.5, 0.6) is 11.6 Å². The van der Waals surface area contributed by atoms with Gasteiger partial charge in [0.15, 0.2) is 11.9 Å². The van der Waals surface area contributed by atoms with E-state index in [0.29, 0.717) is 36.2 Å². The number of nitrogens with zero attached hydrogens (tertiary/aromatic N) is 2. The Labute approximate surface area is 174 Å². The molecule has 2 heterocycles. The minimum Gasteiger partial charge on any atom is -0.479 e. The average Bonchev–Trinajstić information content (AvgIpc) is 3.26. The molecule has 1 aromatic heterocycles. The molecule has 31 heavy (non-hydrogen) atoms. The van der Waals surface area contributed by atoms with Crippen LogP contribution in [0, 0.1) is 5.82 Å². The molecule has 0 spiro atoms. The summed E-state index contributed by atoms with van der Waals surface area (Å²) in [5.41, 5.74) is 1.02. The Morgan fingerprint density at radius 3 is 2.68 bits per heavy atom. The molecule has 1 saturated heterocycles.